The van der Waals surface area contributed by atoms with Crippen LogP contribution in [0.5, 0.6) is 0 Å². The van der Waals surface area contributed by atoms with Gasteiger partial charge in [0, 0.05) is 36.6 Å². The number of rotatable bonds is 5. The van der Waals surface area contributed by atoms with E-state index >= 15 is 0 Å². The van der Waals surface area contributed by atoms with Crippen LogP contribution in [0.1, 0.15) is 16.1 Å². The van der Waals surface area contributed by atoms with Crippen LogP contribution in [0.3, 0.4) is 0 Å². The Bertz CT molecular complexity index is 1460. The molecule has 178 valence electrons. The maximum absolute atomic E-state index is 13.5. The highest BCUT2D eigenvalue weighted by Gasteiger charge is 2.32. The Morgan fingerprint density at radius 1 is 1.03 bits per heavy atom. The predicted molar refractivity (Wildman–Crippen MR) is 132 cm³/mol. The second-order valence-corrected chi connectivity index (χ2v) is 8.69. The van der Waals surface area contributed by atoms with Gasteiger partial charge in [-0.1, -0.05) is 41.9 Å². The number of aromatic nitrogens is 1. The summed E-state index contributed by atoms with van der Waals surface area (Å²) in [6.07, 6.45) is 1.44. The average molecular weight is 493 g/mol. The number of pyridine rings is 1. The number of nitro groups is 1. The van der Waals surface area contributed by atoms with Crippen LogP contribution >= 0.6 is 11.6 Å². The molecule has 0 radical (unpaired) electrons. The molecule has 0 unspecified atom stereocenters. The van der Waals surface area contributed by atoms with Crippen molar-refractivity contribution in [2.45, 2.75) is 6.54 Å². The molecule has 0 N–H and O–H groups in total. The number of furan rings is 1. The number of piperazine rings is 1. The zero-order chi connectivity index (χ0) is 24.5. The van der Waals surface area contributed by atoms with Crippen molar-refractivity contribution in [3.05, 3.63) is 104 Å². The van der Waals surface area contributed by atoms with Gasteiger partial charge in [0.2, 0.25) is 0 Å². The Balaban J connectivity index is 1.58. The average Bonchev–Trinajstić information content (AvgIpc) is 3.40. The molecule has 0 bridgehead atoms. The monoisotopic (exact) mass is 492 g/mol. The largest absolute Gasteiger partial charge is 0.459 e. The first-order valence-corrected chi connectivity index (χ1v) is 11.4. The molecule has 35 heavy (non-hydrogen) atoms. The van der Waals surface area contributed by atoms with E-state index in [9.17, 15) is 19.7 Å². The summed E-state index contributed by atoms with van der Waals surface area (Å²) in [5.41, 5.74) is 0.446. The molecule has 10 heteroatoms. The van der Waals surface area contributed by atoms with Crippen molar-refractivity contribution in [3.8, 4) is 0 Å². The third-order valence-corrected chi connectivity index (χ3v) is 6.39. The summed E-state index contributed by atoms with van der Waals surface area (Å²) in [5, 5.41) is 13.1. The van der Waals surface area contributed by atoms with Crippen molar-refractivity contribution in [1.29, 1.82) is 0 Å². The molecule has 9 nitrogen and oxygen atoms in total. The summed E-state index contributed by atoms with van der Waals surface area (Å²) in [6.45, 7) is 1.47. The Labute approximate surface area is 204 Å². The highest BCUT2D eigenvalue weighted by Crippen LogP contribution is 2.36. The van der Waals surface area contributed by atoms with E-state index in [1.54, 1.807) is 40.1 Å². The van der Waals surface area contributed by atoms with Gasteiger partial charge in [0.1, 0.15) is 5.69 Å². The minimum atomic E-state index is -0.683. The van der Waals surface area contributed by atoms with Crippen LogP contribution in [-0.2, 0) is 6.54 Å². The first-order valence-electron chi connectivity index (χ1n) is 11.1. The SMILES string of the molecule is O=C(c1ccco1)N1CCN(c2c([N+](=O)[O-])c(=O)n(Cc3ccccc3)c3ccc(Cl)cc23)CC1. The maximum atomic E-state index is 13.5. The number of carbonyl (C=O) groups is 1. The summed E-state index contributed by atoms with van der Waals surface area (Å²) >= 11 is 6.30. The van der Waals surface area contributed by atoms with E-state index in [2.05, 4.69) is 0 Å². The summed E-state index contributed by atoms with van der Waals surface area (Å²) in [4.78, 5) is 41.1. The number of fused-ring (bicyclic) bond motifs is 1. The Morgan fingerprint density at radius 2 is 1.77 bits per heavy atom. The van der Waals surface area contributed by atoms with E-state index in [0.29, 0.717) is 42.1 Å². The van der Waals surface area contributed by atoms with Crippen molar-refractivity contribution < 1.29 is 14.1 Å². The molecule has 3 heterocycles. The van der Waals surface area contributed by atoms with Gasteiger partial charge in [0.15, 0.2) is 5.76 Å². The topological polar surface area (TPSA) is 102 Å². The molecule has 1 saturated heterocycles. The van der Waals surface area contributed by atoms with E-state index in [4.69, 9.17) is 16.0 Å². The van der Waals surface area contributed by atoms with Gasteiger partial charge in [-0.05, 0) is 35.9 Å². The van der Waals surface area contributed by atoms with E-state index in [1.165, 1.54) is 10.8 Å². The van der Waals surface area contributed by atoms with Gasteiger partial charge in [-0.2, -0.15) is 0 Å². The van der Waals surface area contributed by atoms with Crippen molar-refractivity contribution >= 4 is 39.8 Å². The lowest BCUT2D eigenvalue weighted by Crippen LogP contribution is -2.49. The second-order valence-electron chi connectivity index (χ2n) is 8.25. The van der Waals surface area contributed by atoms with Crippen LogP contribution in [0.25, 0.3) is 10.9 Å². The number of hydrogen-bond acceptors (Lipinski definition) is 6. The van der Waals surface area contributed by atoms with Crippen LogP contribution in [0.2, 0.25) is 5.02 Å². The van der Waals surface area contributed by atoms with Gasteiger partial charge >= 0.3 is 11.2 Å². The molecule has 5 rings (SSSR count). The zero-order valence-corrected chi connectivity index (χ0v) is 19.4. The summed E-state index contributed by atoms with van der Waals surface area (Å²) in [6, 6.07) is 17.6. The number of halogens is 1. The van der Waals surface area contributed by atoms with Crippen LogP contribution in [0.15, 0.2) is 76.1 Å². The van der Waals surface area contributed by atoms with Crippen LogP contribution < -0.4 is 10.5 Å². The minimum absolute atomic E-state index is 0.185. The molecule has 0 spiro atoms. The lowest BCUT2D eigenvalue weighted by atomic mass is 10.1. The fourth-order valence-corrected chi connectivity index (χ4v) is 4.67. The van der Waals surface area contributed by atoms with Crippen LogP contribution in [-0.4, -0.2) is 46.5 Å². The summed E-state index contributed by atoms with van der Waals surface area (Å²) < 4.78 is 6.62. The quantitative estimate of drug-likeness (QED) is 0.306. The van der Waals surface area contributed by atoms with Crippen molar-refractivity contribution in [1.82, 2.24) is 9.47 Å². The number of hydrogen-bond donors (Lipinski definition) is 0. The lowest BCUT2D eigenvalue weighted by Gasteiger charge is -2.36. The number of carbonyl (C=O) groups excluding carboxylic acids is 1. The Hall–Kier alpha value is -4.11. The third kappa shape index (κ3) is 4.26. The van der Waals surface area contributed by atoms with Gasteiger partial charge in [-0.25, -0.2) is 0 Å². The normalized spacial score (nSPS) is 13.9. The number of nitrogens with zero attached hydrogens (tertiary/aromatic N) is 4. The fourth-order valence-electron chi connectivity index (χ4n) is 4.50. The summed E-state index contributed by atoms with van der Waals surface area (Å²) in [5.74, 6) is 0.000465. The molecule has 1 aliphatic rings. The van der Waals surface area contributed by atoms with Gasteiger partial charge < -0.3 is 14.2 Å². The number of anilines is 1. The molecular formula is C25H21ClN4O5. The molecule has 0 saturated carbocycles. The first-order chi connectivity index (χ1) is 16.9. The molecule has 0 atom stereocenters. The predicted octanol–water partition coefficient (Wildman–Crippen LogP) is 4.17. The second kappa shape index (κ2) is 9.27. The summed E-state index contributed by atoms with van der Waals surface area (Å²) in [7, 11) is 0. The molecule has 1 amide bonds. The minimum Gasteiger partial charge on any atom is -0.459 e. The third-order valence-electron chi connectivity index (χ3n) is 6.16. The van der Waals surface area contributed by atoms with Gasteiger partial charge in [0.05, 0.1) is 23.2 Å². The molecular weight excluding hydrogens is 472 g/mol. The standard InChI is InChI=1S/C25H21ClN4O5/c26-18-8-9-20-19(15-18)22(27-10-12-28(13-11-27)24(31)21-7-4-14-35-21)23(30(33)34)25(32)29(20)16-17-5-2-1-3-6-17/h1-9,14-15H,10-13,16H2. The van der Waals surface area contributed by atoms with E-state index < -0.39 is 16.2 Å². The highest BCUT2D eigenvalue weighted by molar-refractivity contribution is 6.31. The number of benzene rings is 2. The Kier molecular flexibility index (Phi) is 6.00. The zero-order valence-electron chi connectivity index (χ0n) is 18.6. The lowest BCUT2D eigenvalue weighted by molar-refractivity contribution is -0.385. The maximum Gasteiger partial charge on any atom is 0.357 e. The van der Waals surface area contributed by atoms with Crippen molar-refractivity contribution in [3.63, 3.8) is 0 Å². The highest BCUT2D eigenvalue weighted by atomic mass is 35.5. The Morgan fingerprint density at radius 3 is 2.43 bits per heavy atom. The molecule has 4 aromatic rings. The van der Waals surface area contributed by atoms with Gasteiger partial charge in [-0.15, -0.1) is 0 Å². The van der Waals surface area contributed by atoms with Gasteiger partial charge in [-0.3, -0.25) is 24.3 Å². The van der Waals surface area contributed by atoms with Crippen molar-refractivity contribution in [2.75, 3.05) is 31.1 Å². The fraction of sp³-hybridized carbons (Fsp3) is 0.200. The smallest absolute Gasteiger partial charge is 0.357 e. The molecule has 2 aromatic heterocycles. The molecule has 0 aliphatic carbocycles. The molecule has 1 fully saturated rings. The van der Waals surface area contributed by atoms with E-state index in [0.717, 1.165) is 5.56 Å². The first kappa shape index (κ1) is 22.7. The molecule has 2 aromatic carbocycles. The van der Waals surface area contributed by atoms with Crippen LogP contribution in [0.4, 0.5) is 11.4 Å². The van der Waals surface area contributed by atoms with Crippen molar-refractivity contribution in [2.24, 2.45) is 0 Å². The van der Waals surface area contributed by atoms with Crippen LogP contribution in [0, 0.1) is 10.1 Å². The van der Waals surface area contributed by atoms with E-state index in [1.807, 2.05) is 30.3 Å². The van der Waals surface area contributed by atoms with E-state index in [-0.39, 0.29) is 23.9 Å². The van der Waals surface area contributed by atoms with Gasteiger partial charge in [0.25, 0.3) is 5.91 Å². The molecule has 1 aliphatic heterocycles. The number of amides is 1.